The van der Waals surface area contributed by atoms with Gasteiger partial charge in [0, 0.05) is 38.0 Å². The molecule has 1 fully saturated rings. The second-order valence-corrected chi connectivity index (χ2v) is 14.8. The molecule has 7 aromatic carbocycles. The van der Waals surface area contributed by atoms with Crippen molar-refractivity contribution in [1.29, 1.82) is 0 Å². The van der Waals surface area contributed by atoms with Crippen LogP contribution in [0.25, 0.3) is 87.1 Å². The Hall–Kier alpha value is -5.36. The van der Waals surface area contributed by atoms with Crippen LogP contribution in [0.15, 0.2) is 127 Å². The van der Waals surface area contributed by atoms with Crippen LogP contribution < -0.4 is 5.46 Å². The zero-order chi connectivity index (χ0) is 32.8. The van der Waals surface area contributed by atoms with E-state index in [-0.39, 0.29) is 0 Å². The first-order valence-corrected chi connectivity index (χ1v) is 17.2. The number of hydrogen-bond donors (Lipinski definition) is 0. The van der Waals surface area contributed by atoms with Crippen molar-refractivity contribution in [2.45, 2.75) is 38.9 Å². The Morgan fingerprint density at radius 3 is 1.84 bits per heavy atom. The summed E-state index contributed by atoms with van der Waals surface area (Å²) in [7, 11) is -0.481. The van der Waals surface area contributed by atoms with Crippen molar-refractivity contribution in [2.75, 3.05) is 0 Å². The highest BCUT2D eigenvalue weighted by Crippen LogP contribution is 2.47. The predicted molar refractivity (Wildman–Crippen MR) is 206 cm³/mol. The molecule has 4 nitrogen and oxygen atoms in total. The molecule has 0 spiro atoms. The van der Waals surface area contributed by atoms with Gasteiger partial charge in [-0.05, 0) is 91.1 Å². The van der Waals surface area contributed by atoms with Gasteiger partial charge in [0.15, 0.2) is 0 Å². The van der Waals surface area contributed by atoms with Crippen LogP contribution in [0.1, 0.15) is 27.7 Å². The standard InChI is InChI=1S/C44H33BN2O2/c1-43(2)44(3,4)49-45(48-43)29-24-34-32-19-12-20-36-39(32)40-38(23-28-15-10-11-18-31(28)42(40)46(36)30-16-6-5-7-17-30)47-37-22-27-14-9-8-13-26(27)21-33(37)35(25-29)41(34)47/h5-25H,1-4H3. The highest BCUT2D eigenvalue weighted by atomic mass is 16.7. The molecule has 3 aromatic heterocycles. The molecule has 1 aliphatic heterocycles. The SMILES string of the molecule is CC1(C)OB(c2cc3c4cccc5c4c4c(c6ccccc6cc4n4c6cc7ccccc7cc6c(c2)c34)n5-c2ccccc2)OC1(C)C. The summed E-state index contributed by atoms with van der Waals surface area (Å²) in [6.45, 7) is 8.51. The number of rotatable bonds is 2. The van der Waals surface area contributed by atoms with Crippen LogP contribution in [0.3, 0.4) is 0 Å². The maximum atomic E-state index is 6.71. The van der Waals surface area contributed by atoms with E-state index in [1.165, 1.54) is 81.4 Å². The van der Waals surface area contributed by atoms with Crippen molar-refractivity contribution in [3.8, 4) is 5.69 Å². The Morgan fingerprint density at radius 1 is 0.469 bits per heavy atom. The van der Waals surface area contributed by atoms with Gasteiger partial charge >= 0.3 is 7.12 Å². The molecule has 10 aromatic rings. The fraction of sp³-hybridized carbons (Fsp3) is 0.136. The number of nitrogens with zero attached hydrogens (tertiary/aromatic N) is 2. The van der Waals surface area contributed by atoms with E-state index >= 15 is 0 Å². The maximum absolute atomic E-state index is 6.71. The average molecular weight is 633 g/mol. The highest BCUT2D eigenvalue weighted by Gasteiger charge is 2.52. The van der Waals surface area contributed by atoms with Crippen molar-refractivity contribution in [3.63, 3.8) is 0 Å². The predicted octanol–water partition coefficient (Wildman–Crippen LogP) is 10.5. The summed E-state index contributed by atoms with van der Waals surface area (Å²) in [5.74, 6) is 0. The second kappa shape index (κ2) is 9.20. The summed E-state index contributed by atoms with van der Waals surface area (Å²) >= 11 is 0. The lowest BCUT2D eigenvalue weighted by molar-refractivity contribution is 0.00578. The highest BCUT2D eigenvalue weighted by molar-refractivity contribution is 6.63. The van der Waals surface area contributed by atoms with E-state index in [1.54, 1.807) is 0 Å². The average Bonchev–Trinajstić information content (AvgIpc) is 3.67. The number of aromatic nitrogens is 2. The Labute approximate surface area is 283 Å². The number of benzene rings is 7. The summed E-state index contributed by atoms with van der Waals surface area (Å²) in [6, 6.07) is 47.0. The first-order chi connectivity index (χ1) is 23.8. The quantitative estimate of drug-likeness (QED) is 0.177. The lowest BCUT2D eigenvalue weighted by Gasteiger charge is -2.32. The van der Waals surface area contributed by atoms with E-state index in [0.717, 1.165) is 11.2 Å². The van der Waals surface area contributed by atoms with Crippen LogP contribution in [0, 0.1) is 0 Å². The molecule has 11 rings (SSSR count). The van der Waals surface area contributed by atoms with Crippen LogP contribution in [0.4, 0.5) is 0 Å². The maximum Gasteiger partial charge on any atom is 0.494 e. The molecule has 49 heavy (non-hydrogen) atoms. The number of para-hydroxylation sites is 1. The molecule has 0 radical (unpaired) electrons. The van der Waals surface area contributed by atoms with E-state index in [4.69, 9.17) is 9.31 Å². The zero-order valence-electron chi connectivity index (χ0n) is 27.9. The lowest BCUT2D eigenvalue weighted by Crippen LogP contribution is -2.41. The summed E-state index contributed by atoms with van der Waals surface area (Å²) < 4.78 is 18.4. The van der Waals surface area contributed by atoms with Crippen molar-refractivity contribution >= 4 is 94.0 Å². The Kier molecular flexibility index (Phi) is 5.18. The third kappa shape index (κ3) is 3.51. The van der Waals surface area contributed by atoms with E-state index in [1.807, 2.05) is 0 Å². The molecular formula is C44H33BN2O2. The molecule has 0 bridgehead atoms. The van der Waals surface area contributed by atoms with E-state index in [2.05, 4.69) is 164 Å². The first kappa shape index (κ1) is 27.6. The van der Waals surface area contributed by atoms with Gasteiger partial charge in [-0.2, -0.15) is 0 Å². The minimum atomic E-state index is -0.481. The number of hydrogen-bond acceptors (Lipinski definition) is 2. The molecule has 0 unspecified atom stereocenters. The monoisotopic (exact) mass is 632 g/mol. The Bertz CT molecular complexity index is 2990. The molecule has 1 saturated heterocycles. The van der Waals surface area contributed by atoms with Gasteiger partial charge in [-0.15, -0.1) is 0 Å². The Morgan fingerprint density at radius 2 is 1.08 bits per heavy atom. The van der Waals surface area contributed by atoms with E-state index in [0.29, 0.717) is 0 Å². The third-order valence-electron chi connectivity index (χ3n) is 11.6. The fourth-order valence-corrected chi connectivity index (χ4v) is 8.57. The summed E-state index contributed by atoms with van der Waals surface area (Å²) in [5.41, 5.74) is 7.37. The van der Waals surface area contributed by atoms with Crippen molar-refractivity contribution in [3.05, 3.63) is 127 Å². The van der Waals surface area contributed by atoms with Crippen molar-refractivity contribution in [1.82, 2.24) is 8.97 Å². The molecule has 0 amide bonds. The third-order valence-corrected chi connectivity index (χ3v) is 11.6. The molecule has 0 atom stereocenters. The molecule has 1 aliphatic rings. The van der Waals surface area contributed by atoms with Crippen LogP contribution in [0.2, 0.25) is 0 Å². The number of fused-ring (bicyclic) bond motifs is 8. The molecule has 0 aliphatic carbocycles. The van der Waals surface area contributed by atoms with Gasteiger partial charge in [0.2, 0.25) is 0 Å². The van der Waals surface area contributed by atoms with Gasteiger partial charge in [-0.25, -0.2) is 0 Å². The summed E-state index contributed by atoms with van der Waals surface area (Å²) in [4.78, 5) is 0. The molecule has 5 heteroatoms. The van der Waals surface area contributed by atoms with E-state index in [9.17, 15) is 0 Å². The van der Waals surface area contributed by atoms with Crippen molar-refractivity contribution < 1.29 is 9.31 Å². The van der Waals surface area contributed by atoms with Gasteiger partial charge in [-0.1, -0.05) is 91.0 Å². The van der Waals surface area contributed by atoms with Gasteiger partial charge in [0.05, 0.1) is 38.8 Å². The van der Waals surface area contributed by atoms with E-state index < -0.39 is 18.3 Å². The summed E-state index contributed by atoms with van der Waals surface area (Å²) in [6.07, 6.45) is 0. The molecule has 234 valence electrons. The second-order valence-electron chi connectivity index (χ2n) is 14.8. The molecule has 4 heterocycles. The zero-order valence-corrected chi connectivity index (χ0v) is 27.9. The van der Waals surface area contributed by atoms with Gasteiger partial charge < -0.3 is 18.3 Å². The van der Waals surface area contributed by atoms with Crippen LogP contribution in [0.5, 0.6) is 0 Å². The van der Waals surface area contributed by atoms with Crippen LogP contribution >= 0.6 is 0 Å². The van der Waals surface area contributed by atoms with Gasteiger partial charge in [-0.3, -0.25) is 0 Å². The fourth-order valence-electron chi connectivity index (χ4n) is 8.57. The largest absolute Gasteiger partial charge is 0.494 e. The Balaban J connectivity index is 1.44. The summed E-state index contributed by atoms with van der Waals surface area (Å²) in [5, 5.41) is 12.3. The minimum Gasteiger partial charge on any atom is -0.399 e. The smallest absolute Gasteiger partial charge is 0.399 e. The van der Waals surface area contributed by atoms with Gasteiger partial charge in [0.25, 0.3) is 0 Å². The lowest BCUT2D eigenvalue weighted by atomic mass is 9.77. The topological polar surface area (TPSA) is 27.8 Å². The van der Waals surface area contributed by atoms with Gasteiger partial charge in [0.1, 0.15) is 0 Å². The minimum absolute atomic E-state index is 0.444. The first-order valence-electron chi connectivity index (χ1n) is 17.2. The van der Waals surface area contributed by atoms with Crippen LogP contribution in [-0.4, -0.2) is 27.3 Å². The normalized spacial score (nSPS) is 16.3. The molecule has 0 N–H and O–H groups in total. The molecular weight excluding hydrogens is 599 g/mol. The molecule has 0 saturated carbocycles. The van der Waals surface area contributed by atoms with Crippen molar-refractivity contribution in [2.24, 2.45) is 0 Å². The van der Waals surface area contributed by atoms with Crippen LogP contribution in [-0.2, 0) is 9.31 Å².